The maximum Gasteiger partial charge on any atom is 0.252 e. The summed E-state index contributed by atoms with van der Waals surface area (Å²) in [6.07, 6.45) is 6.99. The first-order valence-electron chi connectivity index (χ1n) is 10.7. The molecule has 2 atom stereocenters. The van der Waals surface area contributed by atoms with Gasteiger partial charge in [-0.25, -0.2) is 9.37 Å². The Bertz CT molecular complexity index is 1320. The number of amides is 1. The first-order valence-corrected chi connectivity index (χ1v) is 10.7. The number of aliphatic imine (C=N–C) groups is 1. The minimum absolute atomic E-state index is 0.223. The van der Waals surface area contributed by atoms with Crippen LogP contribution in [0.2, 0.25) is 0 Å². The number of nitrogens with one attached hydrogen (secondary N) is 3. The van der Waals surface area contributed by atoms with E-state index in [1.807, 2.05) is 35.7 Å². The van der Waals surface area contributed by atoms with Gasteiger partial charge in [0.05, 0.1) is 29.7 Å². The van der Waals surface area contributed by atoms with Gasteiger partial charge in [0.1, 0.15) is 17.6 Å². The average molecular weight is 446 g/mol. The number of allylic oxidation sites excluding steroid dienone is 2. The Morgan fingerprint density at radius 2 is 2.21 bits per heavy atom. The third-order valence-electron chi connectivity index (χ3n) is 5.85. The number of halogens is 1. The van der Waals surface area contributed by atoms with E-state index in [4.69, 9.17) is 5.73 Å². The molecule has 0 bridgehead atoms. The lowest BCUT2D eigenvalue weighted by Crippen LogP contribution is -2.54. The van der Waals surface area contributed by atoms with Gasteiger partial charge in [0.15, 0.2) is 0 Å². The molecule has 8 nitrogen and oxygen atoms in total. The fourth-order valence-electron chi connectivity index (χ4n) is 4.33. The van der Waals surface area contributed by atoms with Crippen molar-refractivity contribution < 1.29 is 9.18 Å². The molecule has 168 valence electrons. The Morgan fingerprint density at radius 3 is 3.03 bits per heavy atom. The number of primary amides is 1. The largest absolute Gasteiger partial charge is 0.365 e. The number of nitrogens with zero attached hydrogens (tertiary/aromatic N) is 3. The second-order valence-corrected chi connectivity index (χ2v) is 8.04. The van der Waals surface area contributed by atoms with Gasteiger partial charge in [-0.2, -0.15) is 0 Å². The molecule has 5 N–H and O–H groups in total. The third-order valence-corrected chi connectivity index (χ3v) is 5.85. The summed E-state index contributed by atoms with van der Waals surface area (Å²) in [5.74, 6) is -0.788. The standard InChI is InChI=1S/C24H24FN7O/c1-14-20(32-10-4-7-17(21(26)33)24(32)29-14)23-30-19-8-3-9-27-13-18(19)22(31-23)28-12-15-5-2-6-16(25)11-15/h2-11,22-23,28,30-31H,12-13H2,1H3,(H2,26,33). The molecule has 4 heterocycles. The molecule has 0 saturated heterocycles. The topological polar surface area (TPSA) is 109 Å². The van der Waals surface area contributed by atoms with E-state index < -0.39 is 5.91 Å². The normalized spacial score (nSPS) is 19.9. The number of carbonyl (C=O) groups is 1. The number of hydrogen-bond donors (Lipinski definition) is 4. The zero-order chi connectivity index (χ0) is 22.9. The monoisotopic (exact) mass is 445 g/mol. The van der Waals surface area contributed by atoms with Gasteiger partial charge in [-0.3, -0.25) is 24.8 Å². The van der Waals surface area contributed by atoms with Crippen LogP contribution in [-0.4, -0.2) is 34.2 Å². The summed E-state index contributed by atoms with van der Waals surface area (Å²) in [6, 6.07) is 9.99. The molecule has 2 aromatic heterocycles. The Morgan fingerprint density at radius 1 is 1.33 bits per heavy atom. The number of hydrogen-bond acceptors (Lipinski definition) is 6. The molecule has 0 aliphatic carbocycles. The molecule has 2 aliphatic rings. The first kappa shape index (κ1) is 21.0. The van der Waals surface area contributed by atoms with Gasteiger partial charge in [0.25, 0.3) is 5.91 Å². The van der Waals surface area contributed by atoms with Gasteiger partial charge < -0.3 is 11.1 Å². The van der Waals surface area contributed by atoms with Crippen LogP contribution in [0.25, 0.3) is 5.65 Å². The molecule has 9 heteroatoms. The van der Waals surface area contributed by atoms with Gasteiger partial charge in [0.2, 0.25) is 0 Å². The number of rotatable bonds is 5. The lowest BCUT2D eigenvalue weighted by molar-refractivity contribution is 0.100. The molecule has 3 aromatic rings. The minimum atomic E-state index is -0.523. The van der Waals surface area contributed by atoms with Crippen molar-refractivity contribution >= 4 is 17.8 Å². The molecule has 0 saturated carbocycles. The molecular formula is C24H24FN7O. The highest BCUT2D eigenvalue weighted by atomic mass is 19.1. The molecule has 0 radical (unpaired) electrons. The van der Waals surface area contributed by atoms with Crippen LogP contribution in [0.15, 0.2) is 71.0 Å². The predicted octanol–water partition coefficient (Wildman–Crippen LogP) is 2.08. The van der Waals surface area contributed by atoms with E-state index in [-0.39, 0.29) is 18.1 Å². The first-order chi connectivity index (χ1) is 16.0. The second-order valence-electron chi connectivity index (χ2n) is 8.04. The summed E-state index contributed by atoms with van der Waals surface area (Å²) < 4.78 is 15.5. The van der Waals surface area contributed by atoms with E-state index in [1.54, 1.807) is 24.4 Å². The molecule has 0 fully saturated rings. The fourth-order valence-corrected chi connectivity index (χ4v) is 4.33. The van der Waals surface area contributed by atoms with Crippen LogP contribution in [-0.2, 0) is 6.54 Å². The number of benzene rings is 1. The van der Waals surface area contributed by atoms with Crippen LogP contribution in [0.5, 0.6) is 0 Å². The highest BCUT2D eigenvalue weighted by Crippen LogP contribution is 2.27. The van der Waals surface area contributed by atoms with Crippen LogP contribution in [0, 0.1) is 12.7 Å². The van der Waals surface area contributed by atoms with Gasteiger partial charge >= 0.3 is 0 Å². The summed E-state index contributed by atoms with van der Waals surface area (Å²) >= 11 is 0. The molecule has 2 aliphatic heterocycles. The Hall–Kier alpha value is -3.82. The van der Waals surface area contributed by atoms with Gasteiger partial charge in [-0.1, -0.05) is 12.1 Å². The third kappa shape index (κ3) is 4.04. The molecule has 1 aromatic carbocycles. The van der Waals surface area contributed by atoms with Crippen molar-refractivity contribution in [2.24, 2.45) is 10.7 Å². The summed E-state index contributed by atoms with van der Waals surface area (Å²) in [6.45, 7) is 2.90. The molecular weight excluding hydrogens is 421 g/mol. The zero-order valence-electron chi connectivity index (χ0n) is 18.0. The second kappa shape index (κ2) is 8.61. The molecule has 5 rings (SSSR count). The van der Waals surface area contributed by atoms with Crippen molar-refractivity contribution in [2.75, 3.05) is 6.54 Å². The van der Waals surface area contributed by atoms with Crippen molar-refractivity contribution in [3.8, 4) is 0 Å². The highest BCUT2D eigenvalue weighted by molar-refractivity contribution is 5.98. The van der Waals surface area contributed by atoms with Gasteiger partial charge in [-0.05, 0) is 48.9 Å². The highest BCUT2D eigenvalue weighted by Gasteiger charge is 2.31. The van der Waals surface area contributed by atoms with Gasteiger partial charge in [0, 0.05) is 30.2 Å². The van der Waals surface area contributed by atoms with Crippen molar-refractivity contribution in [2.45, 2.75) is 25.8 Å². The molecule has 1 amide bonds. The number of nitrogens with two attached hydrogens (primary N) is 1. The number of imidazole rings is 1. The molecule has 33 heavy (non-hydrogen) atoms. The lowest BCUT2D eigenvalue weighted by Gasteiger charge is -2.36. The van der Waals surface area contributed by atoms with Crippen molar-refractivity contribution in [1.29, 1.82) is 0 Å². The Balaban J connectivity index is 1.51. The van der Waals surface area contributed by atoms with E-state index in [0.29, 0.717) is 24.3 Å². The van der Waals surface area contributed by atoms with Crippen LogP contribution in [0.4, 0.5) is 4.39 Å². The number of aromatic nitrogens is 2. The quantitative estimate of drug-likeness (QED) is 0.481. The van der Waals surface area contributed by atoms with E-state index in [0.717, 1.165) is 28.2 Å². The summed E-state index contributed by atoms with van der Waals surface area (Å²) in [5, 5.41) is 10.6. The maximum absolute atomic E-state index is 13.7. The van der Waals surface area contributed by atoms with Crippen LogP contribution < -0.4 is 21.7 Å². The van der Waals surface area contributed by atoms with E-state index >= 15 is 0 Å². The maximum atomic E-state index is 13.7. The number of carbonyl (C=O) groups excluding carboxylic acids is 1. The van der Waals surface area contributed by atoms with Gasteiger partial charge in [-0.15, -0.1) is 0 Å². The van der Waals surface area contributed by atoms with Crippen molar-refractivity contribution in [1.82, 2.24) is 25.3 Å². The Kier molecular flexibility index (Phi) is 5.49. The predicted molar refractivity (Wildman–Crippen MR) is 124 cm³/mol. The van der Waals surface area contributed by atoms with Crippen LogP contribution in [0.1, 0.15) is 33.5 Å². The summed E-state index contributed by atoms with van der Waals surface area (Å²) in [4.78, 5) is 21.0. The van der Waals surface area contributed by atoms with E-state index in [9.17, 15) is 9.18 Å². The fraction of sp³-hybridized carbons (Fsp3) is 0.208. The van der Waals surface area contributed by atoms with Crippen LogP contribution >= 0.6 is 0 Å². The molecule has 0 spiro atoms. The minimum Gasteiger partial charge on any atom is -0.365 e. The smallest absolute Gasteiger partial charge is 0.252 e. The number of aryl methyl sites for hydroxylation is 1. The van der Waals surface area contributed by atoms with Crippen molar-refractivity contribution in [3.05, 3.63) is 94.3 Å². The lowest BCUT2D eigenvalue weighted by atomic mass is 10.0. The molecule has 2 unspecified atom stereocenters. The van der Waals surface area contributed by atoms with E-state index in [1.165, 1.54) is 12.1 Å². The van der Waals surface area contributed by atoms with Crippen LogP contribution in [0.3, 0.4) is 0 Å². The zero-order valence-corrected chi connectivity index (χ0v) is 18.0. The SMILES string of the molecule is Cc1nc2c(C(N)=O)cccn2c1C1NC2=C(CN=CC=C2)C(NCc2cccc(F)c2)N1. The van der Waals surface area contributed by atoms with E-state index in [2.05, 4.69) is 25.9 Å². The number of pyridine rings is 1. The number of fused-ring (bicyclic) bond motifs is 1. The summed E-state index contributed by atoms with van der Waals surface area (Å²) in [5.41, 5.74) is 10.9. The van der Waals surface area contributed by atoms with Crippen molar-refractivity contribution in [3.63, 3.8) is 0 Å². The average Bonchev–Trinajstić information content (AvgIpc) is 2.96. The Labute approximate surface area is 190 Å². The summed E-state index contributed by atoms with van der Waals surface area (Å²) in [7, 11) is 0.